The van der Waals surface area contributed by atoms with Gasteiger partial charge in [-0.05, 0) is 25.0 Å². The quantitative estimate of drug-likeness (QED) is 0.894. The number of carboxylic acids is 1. The number of rotatable bonds is 4. The second kappa shape index (κ2) is 5.57. The number of carbonyl (C=O) groups is 1. The second-order valence-electron chi connectivity index (χ2n) is 6.12. The van der Waals surface area contributed by atoms with Crippen LogP contribution in [0.4, 0.5) is 11.6 Å². The van der Waals surface area contributed by atoms with Gasteiger partial charge in [-0.2, -0.15) is 5.10 Å². The van der Waals surface area contributed by atoms with Crippen molar-refractivity contribution in [1.82, 2.24) is 15.2 Å². The number of nitrogens with one attached hydrogen (secondary N) is 1. The van der Waals surface area contributed by atoms with Crippen LogP contribution in [0.3, 0.4) is 0 Å². The van der Waals surface area contributed by atoms with Crippen molar-refractivity contribution in [2.24, 2.45) is 0 Å². The number of H-pyrrole nitrogens is 1. The summed E-state index contributed by atoms with van der Waals surface area (Å²) in [4.78, 5) is 19.6. The number of carboxylic acid groups (broad SMARTS) is 1. The molecule has 0 bridgehead atoms. The Bertz CT molecular complexity index is 717. The first-order valence-electron chi connectivity index (χ1n) is 7.96. The van der Waals surface area contributed by atoms with Crippen molar-refractivity contribution >= 4 is 17.6 Å². The molecule has 1 saturated heterocycles. The summed E-state index contributed by atoms with van der Waals surface area (Å²) in [5.41, 5.74) is 1.34. The summed E-state index contributed by atoms with van der Waals surface area (Å²) >= 11 is 0. The van der Waals surface area contributed by atoms with Gasteiger partial charge in [0.25, 0.3) is 0 Å². The Morgan fingerprint density at radius 3 is 2.48 bits per heavy atom. The summed E-state index contributed by atoms with van der Waals surface area (Å²) in [6.45, 7) is 3.32. The van der Waals surface area contributed by atoms with E-state index in [1.165, 1.54) is 24.6 Å². The molecule has 0 amide bonds. The van der Waals surface area contributed by atoms with Gasteiger partial charge in [-0.1, -0.05) is 6.07 Å². The minimum Gasteiger partial charge on any atom is -0.477 e. The van der Waals surface area contributed by atoms with Gasteiger partial charge in [0.05, 0.1) is 0 Å². The van der Waals surface area contributed by atoms with Crippen LogP contribution in [-0.2, 0) is 0 Å². The lowest BCUT2D eigenvalue weighted by molar-refractivity contribution is 0.0690. The average molecular weight is 313 g/mol. The van der Waals surface area contributed by atoms with E-state index in [-0.39, 0.29) is 5.69 Å². The summed E-state index contributed by atoms with van der Waals surface area (Å²) in [5, 5.41) is 16.6. The van der Waals surface area contributed by atoms with Gasteiger partial charge in [0.15, 0.2) is 11.5 Å². The van der Waals surface area contributed by atoms with E-state index in [0.717, 1.165) is 37.8 Å². The molecule has 1 aliphatic heterocycles. The highest BCUT2D eigenvalue weighted by Crippen LogP contribution is 2.39. The van der Waals surface area contributed by atoms with Crippen LogP contribution >= 0.6 is 0 Å². The fourth-order valence-electron chi connectivity index (χ4n) is 2.97. The smallest absolute Gasteiger partial charge is 0.354 e. The number of aromatic amines is 1. The third kappa shape index (κ3) is 2.86. The first-order valence-corrected chi connectivity index (χ1v) is 7.96. The van der Waals surface area contributed by atoms with Gasteiger partial charge >= 0.3 is 5.97 Å². The highest BCUT2D eigenvalue weighted by molar-refractivity contribution is 5.85. The fraction of sp³-hybridized carbons (Fsp3) is 0.438. The first-order chi connectivity index (χ1) is 11.2. The van der Waals surface area contributed by atoms with Crippen molar-refractivity contribution in [3.63, 3.8) is 0 Å². The molecule has 2 aromatic rings. The molecule has 0 atom stereocenters. The Kier molecular flexibility index (Phi) is 3.40. The minimum atomic E-state index is -0.991. The molecule has 3 heterocycles. The molecular formula is C16H19N5O2. The maximum absolute atomic E-state index is 11.0. The number of piperazine rings is 1. The topological polar surface area (TPSA) is 85.4 Å². The molecule has 2 fully saturated rings. The van der Waals surface area contributed by atoms with Crippen LogP contribution in [0.2, 0.25) is 0 Å². The van der Waals surface area contributed by atoms with Gasteiger partial charge in [-0.25, -0.2) is 9.78 Å². The van der Waals surface area contributed by atoms with Crippen LogP contribution in [0.15, 0.2) is 24.3 Å². The molecule has 1 aliphatic carbocycles. The summed E-state index contributed by atoms with van der Waals surface area (Å²) in [7, 11) is 0. The van der Waals surface area contributed by atoms with Gasteiger partial charge in [-0.3, -0.25) is 5.10 Å². The Balaban J connectivity index is 1.42. The van der Waals surface area contributed by atoms with Gasteiger partial charge in [0, 0.05) is 43.9 Å². The van der Waals surface area contributed by atoms with E-state index in [1.54, 1.807) is 6.07 Å². The Morgan fingerprint density at radius 2 is 1.83 bits per heavy atom. The average Bonchev–Trinajstić information content (AvgIpc) is 3.32. The number of hydrogen-bond donors (Lipinski definition) is 2. The summed E-state index contributed by atoms with van der Waals surface area (Å²) in [6.07, 6.45) is 2.53. The SMILES string of the molecule is O=C(O)c1cccc(N2CCN(c3cc(C4CC4)[nH]n3)CC2)n1. The minimum absolute atomic E-state index is 0.0892. The Hall–Kier alpha value is -2.57. The second-order valence-corrected chi connectivity index (χ2v) is 6.12. The molecule has 2 N–H and O–H groups in total. The molecule has 2 aliphatic rings. The van der Waals surface area contributed by atoms with Gasteiger partial charge in [-0.15, -0.1) is 0 Å². The van der Waals surface area contributed by atoms with Crippen LogP contribution in [0.5, 0.6) is 0 Å². The van der Waals surface area contributed by atoms with E-state index in [4.69, 9.17) is 5.11 Å². The van der Waals surface area contributed by atoms with E-state index in [1.807, 2.05) is 6.07 Å². The highest BCUT2D eigenvalue weighted by Gasteiger charge is 2.27. The molecule has 120 valence electrons. The van der Waals surface area contributed by atoms with E-state index in [9.17, 15) is 4.79 Å². The van der Waals surface area contributed by atoms with E-state index < -0.39 is 5.97 Å². The van der Waals surface area contributed by atoms with E-state index >= 15 is 0 Å². The van der Waals surface area contributed by atoms with Crippen LogP contribution in [0.25, 0.3) is 0 Å². The maximum atomic E-state index is 11.0. The molecule has 0 radical (unpaired) electrons. The largest absolute Gasteiger partial charge is 0.477 e. The Labute approximate surface area is 133 Å². The fourth-order valence-corrected chi connectivity index (χ4v) is 2.97. The Morgan fingerprint density at radius 1 is 1.13 bits per heavy atom. The zero-order valence-electron chi connectivity index (χ0n) is 12.8. The molecule has 7 heteroatoms. The van der Waals surface area contributed by atoms with Crippen molar-refractivity contribution in [3.05, 3.63) is 35.7 Å². The molecule has 4 rings (SSSR count). The monoisotopic (exact) mass is 313 g/mol. The highest BCUT2D eigenvalue weighted by atomic mass is 16.4. The molecule has 23 heavy (non-hydrogen) atoms. The summed E-state index contributed by atoms with van der Waals surface area (Å²) in [5.74, 6) is 1.43. The molecule has 7 nitrogen and oxygen atoms in total. The summed E-state index contributed by atoms with van der Waals surface area (Å²) in [6, 6.07) is 7.29. The molecule has 0 spiro atoms. The third-order valence-corrected chi connectivity index (χ3v) is 4.48. The summed E-state index contributed by atoms with van der Waals surface area (Å²) < 4.78 is 0. The van der Waals surface area contributed by atoms with E-state index in [0.29, 0.717) is 5.92 Å². The van der Waals surface area contributed by atoms with Crippen molar-refractivity contribution in [2.45, 2.75) is 18.8 Å². The van der Waals surface area contributed by atoms with Crippen LogP contribution in [-0.4, -0.2) is 52.4 Å². The number of pyridine rings is 1. The number of aromatic nitrogens is 3. The van der Waals surface area contributed by atoms with Gasteiger partial charge in [0.1, 0.15) is 5.82 Å². The van der Waals surface area contributed by atoms with Crippen molar-refractivity contribution in [2.75, 3.05) is 36.0 Å². The van der Waals surface area contributed by atoms with Gasteiger partial charge in [0.2, 0.25) is 0 Å². The first kappa shape index (κ1) is 14.0. The number of hydrogen-bond acceptors (Lipinski definition) is 5. The standard InChI is InChI=1S/C16H19N5O2/c22-16(23)12-2-1-3-14(17-12)20-6-8-21(9-7-20)15-10-13(18-19-15)11-4-5-11/h1-3,10-11H,4-9H2,(H,18,19)(H,22,23). The predicted octanol–water partition coefficient (Wildman–Crippen LogP) is 1.71. The lowest BCUT2D eigenvalue weighted by atomic mass is 10.2. The molecule has 2 aromatic heterocycles. The predicted molar refractivity (Wildman–Crippen MR) is 86.2 cm³/mol. The normalized spacial score (nSPS) is 18.3. The lowest BCUT2D eigenvalue weighted by Gasteiger charge is -2.35. The van der Waals surface area contributed by atoms with Gasteiger partial charge < -0.3 is 14.9 Å². The number of anilines is 2. The number of nitrogens with zero attached hydrogens (tertiary/aromatic N) is 4. The third-order valence-electron chi connectivity index (χ3n) is 4.48. The van der Waals surface area contributed by atoms with Crippen molar-refractivity contribution in [1.29, 1.82) is 0 Å². The maximum Gasteiger partial charge on any atom is 0.354 e. The van der Waals surface area contributed by atoms with E-state index in [2.05, 4.69) is 31.0 Å². The molecular weight excluding hydrogens is 294 g/mol. The van der Waals surface area contributed by atoms with Crippen molar-refractivity contribution in [3.8, 4) is 0 Å². The van der Waals surface area contributed by atoms with Crippen LogP contribution in [0, 0.1) is 0 Å². The van der Waals surface area contributed by atoms with Crippen molar-refractivity contribution < 1.29 is 9.90 Å². The molecule has 0 aromatic carbocycles. The molecule has 0 unspecified atom stereocenters. The molecule has 1 saturated carbocycles. The van der Waals surface area contributed by atoms with Crippen LogP contribution < -0.4 is 9.80 Å². The zero-order chi connectivity index (χ0) is 15.8. The zero-order valence-corrected chi connectivity index (χ0v) is 12.8. The van der Waals surface area contributed by atoms with Crippen LogP contribution in [0.1, 0.15) is 34.9 Å². The number of aromatic carboxylic acids is 1. The lowest BCUT2D eigenvalue weighted by Crippen LogP contribution is -2.47.